The molecule has 0 aliphatic heterocycles. The first-order valence-electron chi connectivity index (χ1n) is 6.21. The summed E-state index contributed by atoms with van der Waals surface area (Å²) in [5.41, 5.74) is 0.971. The summed E-state index contributed by atoms with van der Waals surface area (Å²) in [7, 11) is 0. The summed E-state index contributed by atoms with van der Waals surface area (Å²) in [4.78, 5) is 23.0. The second kappa shape index (κ2) is 7.85. The number of esters is 1. The van der Waals surface area contributed by atoms with Gasteiger partial charge in [0.1, 0.15) is 5.92 Å². The topological polar surface area (TPSA) is 91.0 Å². The quantitative estimate of drug-likeness (QED) is 0.606. The Bertz CT molecular complexity index is 532. The third-order valence-corrected chi connectivity index (χ3v) is 2.72. The summed E-state index contributed by atoms with van der Waals surface area (Å²) in [6.45, 7) is 0.922. The SMILES string of the molecule is CC(=N)C(C#N)C(=O)COC(=O)CCc1ccccc1. The summed E-state index contributed by atoms with van der Waals surface area (Å²) in [5, 5.41) is 16.0. The minimum Gasteiger partial charge on any atom is -0.458 e. The number of nitriles is 1. The van der Waals surface area contributed by atoms with Gasteiger partial charge < -0.3 is 10.1 Å². The Balaban J connectivity index is 2.35. The van der Waals surface area contributed by atoms with E-state index in [1.165, 1.54) is 6.92 Å². The number of aryl methyl sites for hydroxylation is 1. The Morgan fingerprint density at radius 3 is 2.55 bits per heavy atom. The molecule has 0 aromatic heterocycles. The molecule has 0 radical (unpaired) electrons. The summed E-state index contributed by atoms with van der Waals surface area (Å²) >= 11 is 0. The summed E-state index contributed by atoms with van der Waals surface area (Å²) in [6.07, 6.45) is 0.719. The van der Waals surface area contributed by atoms with Crippen molar-refractivity contribution in [2.45, 2.75) is 19.8 Å². The third-order valence-electron chi connectivity index (χ3n) is 2.72. The fourth-order valence-electron chi connectivity index (χ4n) is 1.61. The van der Waals surface area contributed by atoms with Crippen molar-refractivity contribution in [2.24, 2.45) is 5.92 Å². The maximum atomic E-state index is 11.6. The first-order valence-corrected chi connectivity index (χ1v) is 6.21. The van der Waals surface area contributed by atoms with Crippen LogP contribution < -0.4 is 0 Å². The van der Waals surface area contributed by atoms with Crippen LogP contribution in [-0.2, 0) is 20.7 Å². The van der Waals surface area contributed by atoms with Crippen molar-refractivity contribution < 1.29 is 14.3 Å². The number of benzene rings is 1. The smallest absolute Gasteiger partial charge is 0.306 e. The maximum Gasteiger partial charge on any atom is 0.306 e. The van der Waals surface area contributed by atoms with Crippen LogP contribution in [0.25, 0.3) is 0 Å². The van der Waals surface area contributed by atoms with Crippen molar-refractivity contribution in [3.05, 3.63) is 35.9 Å². The van der Waals surface area contributed by atoms with Crippen LogP contribution in [0.1, 0.15) is 18.9 Å². The minimum absolute atomic E-state index is 0.0437. The van der Waals surface area contributed by atoms with Gasteiger partial charge in [-0.25, -0.2) is 0 Å². The number of nitrogens with zero attached hydrogens (tertiary/aromatic N) is 1. The average Bonchev–Trinajstić information content (AvgIpc) is 2.44. The molecule has 0 spiro atoms. The minimum atomic E-state index is -1.13. The standard InChI is InChI=1S/C15H16N2O3/c1-11(17)13(9-16)14(18)10-20-15(19)8-7-12-5-3-2-4-6-12/h2-6,13,17H,7-8,10H2,1H3. The molecule has 1 rings (SSSR count). The first-order chi connectivity index (χ1) is 9.54. The van der Waals surface area contributed by atoms with E-state index in [0.717, 1.165) is 5.56 Å². The van der Waals surface area contributed by atoms with Gasteiger partial charge in [0.15, 0.2) is 12.4 Å². The van der Waals surface area contributed by atoms with Crippen LogP contribution in [0.5, 0.6) is 0 Å². The summed E-state index contributed by atoms with van der Waals surface area (Å²) < 4.78 is 4.82. The van der Waals surface area contributed by atoms with Crippen LogP contribution in [0.4, 0.5) is 0 Å². The Labute approximate surface area is 117 Å². The maximum absolute atomic E-state index is 11.6. The number of hydrogen-bond acceptors (Lipinski definition) is 5. The number of rotatable bonds is 7. The van der Waals surface area contributed by atoms with Crippen molar-refractivity contribution in [3.63, 3.8) is 0 Å². The molecular formula is C15H16N2O3. The molecule has 1 unspecified atom stereocenters. The highest BCUT2D eigenvalue weighted by Crippen LogP contribution is 2.04. The van der Waals surface area contributed by atoms with E-state index >= 15 is 0 Å². The lowest BCUT2D eigenvalue weighted by Gasteiger charge is -2.07. The monoisotopic (exact) mass is 272 g/mol. The Morgan fingerprint density at radius 2 is 2.00 bits per heavy atom. The van der Waals surface area contributed by atoms with Crippen LogP contribution in [-0.4, -0.2) is 24.1 Å². The predicted molar refractivity (Wildman–Crippen MR) is 73.2 cm³/mol. The second-order valence-electron chi connectivity index (χ2n) is 4.36. The van der Waals surface area contributed by atoms with E-state index in [1.54, 1.807) is 6.07 Å². The van der Waals surface area contributed by atoms with Gasteiger partial charge in [-0.15, -0.1) is 0 Å². The Morgan fingerprint density at radius 1 is 1.35 bits per heavy atom. The molecule has 0 aliphatic rings. The molecule has 5 nitrogen and oxygen atoms in total. The molecule has 5 heteroatoms. The van der Waals surface area contributed by atoms with Gasteiger partial charge in [0.25, 0.3) is 0 Å². The highest BCUT2D eigenvalue weighted by Gasteiger charge is 2.21. The summed E-state index contributed by atoms with van der Waals surface area (Å²) in [6, 6.07) is 11.2. The van der Waals surface area contributed by atoms with Gasteiger partial charge in [0.05, 0.1) is 6.07 Å². The van der Waals surface area contributed by atoms with Crippen LogP contribution in [0, 0.1) is 22.7 Å². The molecule has 20 heavy (non-hydrogen) atoms. The second-order valence-corrected chi connectivity index (χ2v) is 4.36. The number of Topliss-reactive ketones (excluding diaryl/α,β-unsaturated/α-hetero) is 1. The van der Waals surface area contributed by atoms with E-state index in [-0.39, 0.29) is 12.1 Å². The summed E-state index contributed by atoms with van der Waals surface area (Å²) in [5.74, 6) is -2.17. The lowest BCUT2D eigenvalue weighted by molar-refractivity contribution is -0.148. The molecule has 1 aromatic carbocycles. The number of carbonyl (C=O) groups excluding carboxylic acids is 2. The zero-order valence-electron chi connectivity index (χ0n) is 11.3. The molecule has 1 N–H and O–H groups in total. The highest BCUT2D eigenvalue weighted by atomic mass is 16.5. The molecule has 1 atom stereocenters. The van der Waals surface area contributed by atoms with Gasteiger partial charge in [-0.3, -0.25) is 9.59 Å². The van der Waals surface area contributed by atoms with Crippen LogP contribution in [0.2, 0.25) is 0 Å². The van der Waals surface area contributed by atoms with Crippen molar-refractivity contribution in [2.75, 3.05) is 6.61 Å². The predicted octanol–water partition coefficient (Wildman–Crippen LogP) is 1.91. The largest absolute Gasteiger partial charge is 0.458 e. The van der Waals surface area contributed by atoms with E-state index in [4.69, 9.17) is 15.4 Å². The van der Waals surface area contributed by atoms with Crippen molar-refractivity contribution >= 4 is 17.5 Å². The molecule has 0 amide bonds. The Hall–Kier alpha value is -2.48. The fraction of sp³-hybridized carbons (Fsp3) is 0.333. The van der Waals surface area contributed by atoms with Crippen molar-refractivity contribution in [1.82, 2.24) is 0 Å². The van der Waals surface area contributed by atoms with E-state index in [1.807, 2.05) is 30.3 Å². The van der Waals surface area contributed by atoms with Crippen molar-refractivity contribution in [1.29, 1.82) is 10.7 Å². The van der Waals surface area contributed by atoms with Gasteiger partial charge in [-0.2, -0.15) is 5.26 Å². The highest BCUT2D eigenvalue weighted by molar-refractivity contribution is 6.05. The molecule has 0 saturated heterocycles. The van der Waals surface area contributed by atoms with Gasteiger partial charge in [0, 0.05) is 12.1 Å². The van der Waals surface area contributed by atoms with E-state index in [9.17, 15) is 9.59 Å². The molecule has 104 valence electrons. The van der Waals surface area contributed by atoms with Crippen LogP contribution in [0.15, 0.2) is 30.3 Å². The Kier molecular flexibility index (Phi) is 6.11. The van der Waals surface area contributed by atoms with Crippen LogP contribution >= 0.6 is 0 Å². The molecule has 1 aromatic rings. The molecule has 0 heterocycles. The van der Waals surface area contributed by atoms with Gasteiger partial charge in [-0.05, 0) is 18.9 Å². The lowest BCUT2D eigenvalue weighted by atomic mass is 10.0. The number of ketones is 1. The lowest BCUT2D eigenvalue weighted by Crippen LogP contribution is -2.25. The zero-order valence-corrected chi connectivity index (χ0v) is 11.3. The number of hydrogen-bond donors (Lipinski definition) is 1. The van der Waals surface area contributed by atoms with E-state index < -0.39 is 24.3 Å². The molecule has 0 fully saturated rings. The van der Waals surface area contributed by atoms with Crippen molar-refractivity contribution in [3.8, 4) is 6.07 Å². The number of carbonyl (C=O) groups is 2. The number of ether oxygens (including phenoxy) is 1. The first kappa shape index (κ1) is 15.6. The van der Waals surface area contributed by atoms with Gasteiger partial charge in [0.2, 0.25) is 0 Å². The normalized spacial score (nSPS) is 11.2. The third kappa shape index (κ3) is 5.02. The molecule has 0 aliphatic carbocycles. The van der Waals surface area contributed by atoms with E-state index in [0.29, 0.717) is 6.42 Å². The molecule has 0 bridgehead atoms. The van der Waals surface area contributed by atoms with E-state index in [2.05, 4.69) is 0 Å². The average molecular weight is 272 g/mol. The zero-order chi connectivity index (χ0) is 15.0. The number of nitrogens with one attached hydrogen (secondary N) is 1. The van der Waals surface area contributed by atoms with Crippen LogP contribution in [0.3, 0.4) is 0 Å². The van der Waals surface area contributed by atoms with Gasteiger partial charge in [-0.1, -0.05) is 30.3 Å². The fourth-order valence-corrected chi connectivity index (χ4v) is 1.61. The van der Waals surface area contributed by atoms with Gasteiger partial charge >= 0.3 is 5.97 Å². The molecular weight excluding hydrogens is 256 g/mol. The molecule has 0 saturated carbocycles.